The van der Waals surface area contributed by atoms with Gasteiger partial charge in [-0.15, -0.1) is 11.3 Å². The molecule has 2 heterocycles. The quantitative estimate of drug-likeness (QED) is 0.741. The van der Waals surface area contributed by atoms with Gasteiger partial charge in [0.05, 0.1) is 10.8 Å². The summed E-state index contributed by atoms with van der Waals surface area (Å²) in [6.45, 7) is 1.63. The number of hydrogen-bond acceptors (Lipinski definition) is 6. The number of sulfone groups is 1. The maximum atomic E-state index is 13.1. The van der Waals surface area contributed by atoms with Crippen molar-refractivity contribution in [3.05, 3.63) is 39.3 Å². The summed E-state index contributed by atoms with van der Waals surface area (Å²) >= 11 is 1.28. The molecule has 0 saturated heterocycles. The first-order valence-electron chi connectivity index (χ1n) is 9.40. The lowest BCUT2D eigenvalue weighted by Gasteiger charge is -2.26. The highest BCUT2D eigenvalue weighted by atomic mass is 32.2. The number of pyridine rings is 1. The van der Waals surface area contributed by atoms with Crippen molar-refractivity contribution in [2.75, 3.05) is 11.6 Å². The number of thiazole rings is 1. The van der Waals surface area contributed by atoms with Gasteiger partial charge in [-0.25, -0.2) is 13.4 Å². The van der Waals surface area contributed by atoms with E-state index in [4.69, 9.17) is 0 Å². The zero-order chi connectivity index (χ0) is 20.3. The van der Waals surface area contributed by atoms with E-state index >= 15 is 0 Å². The highest BCUT2D eigenvalue weighted by Gasteiger charge is 2.33. The Hall–Kier alpha value is -2.00. The summed E-state index contributed by atoms with van der Waals surface area (Å²) in [6, 6.07) is 1.44. The molecule has 1 fully saturated rings. The van der Waals surface area contributed by atoms with E-state index < -0.39 is 21.3 Å². The van der Waals surface area contributed by atoms with E-state index in [1.807, 2.05) is 0 Å². The van der Waals surface area contributed by atoms with Crippen molar-refractivity contribution >= 4 is 32.2 Å². The summed E-state index contributed by atoms with van der Waals surface area (Å²) in [5.74, 6) is -0.949. The monoisotopic (exact) mass is 423 g/mol. The van der Waals surface area contributed by atoms with Crippen molar-refractivity contribution < 1.29 is 13.2 Å². The van der Waals surface area contributed by atoms with Gasteiger partial charge in [0.25, 0.3) is 5.56 Å². The van der Waals surface area contributed by atoms with Crippen LogP contribution in [0.25, 0.3) is 0 Å². The van der Waals surface area contributed by atoms with Crippen LogP contribution in [0.15, 0.2) is 27.3 Å². The molecular weight excluding hydrogens is 398 g/mol. The maximum Gasteiger partial charge on any atom is 0.253 e. The second-order valence-corrected chi connectivity index (χ2v) is 10.3. The van der Waals surface area contributed by atoms with E-state index in [1.54, 1.807) is 18.5 Å². The summed E-state index contributed by atoms with van der Waals surface area (Å²) < 4.78 is 24.8. The summed E-state index contributed by atoms with van der Waals surface area (Å²) in [7, 11) is -3.67. The number of aryl methyl sites for hydroxylation is 1. The van der Waals surface area contributed by atoms with Crippen molar-refractivity contribution in [3.63, 3.8) is 0 Å². The number of carbonyl (C=O) groups excluding carboxylic acids is 1. The number of rotatable bonds is 6. The fourth-order valence-electron chi connectivity index (χ4n) is 3.90. The minimum Gasteiger partial charge on any atom is -0.326 e. The van der Waals surface area contributed by atoms with E-state index in [-0.39, 0.29) is 22.3 Å². The van der Waals surface area contributed by atoms with Gasteiger partial charge < -0.3 is 10.3 Å². The highest BCUT2D eigenvalue weighted by Crippen LogP contribution is 2.35. The summed E-state index contributed by atoms with van der Waals surface area (Å²) in [5.41, 5.74) is -0.0332. The van der Waals surface area contributed by atoms with Gasteiger partial charge in [-0.3, -0.25) is 9.59 Å². The first-order valence-corrected chi connectivity index (χ1v) is 12.2. The number of carbonyl (C=O) groups is 1. The molecule has 1 amide bonds. The highest BCUT2D eigenvalue weighted by molar-refractivity contribution is 7.90. The standard InChI is InChI=1S/C19H25N3O4S2/c1-12-10-15(28(2,25)26)16(18(24)21-12)14(11-13-6-4-3-5-7-13)17(23)22-19-20-8-9-27-19/h8-10,13-14H,3-7,11H2,1-2H3,(H,21,24)(H,20,22,23). The lowest BCUT2D eigenvalue weighted by molar-refractivity contribution is -0.118. The van der Waals surface area contributed by atoms with Gasteiger partial charge in [-0.1, -0.05) is 32.1 Å². The fourth-order valence-corrected chi connectivity index (χ4v) is 5.45. The lowest BCUT2D eigenvalue weighted by atomic mass is 9.80. The van der Waals surface area contributed by atoms with E-state index in [9.17, 15) is 18.0 Å². The fraction of sp³-hybridized carbons (Fsp3) is 0.526. The summed E-state index contributed by atoms with van der Waals surface area (Å²) in [6.07, 6.45) is 8.43. The number of anilines is 1. The molecular formula is C19H25N3O4S2. The Balaban J connectivity index is 2.05. The molecule has 1 aliphatic rings. The van der Waals surface area contributed by atoms with Crippen molar-refractivity contribution in [2.45, 2.75) is 56.3 Å². The van der Waals surface area contributed by atoms with E-state index in [0.29, 0.717) is 17.2 Å². The van der Waals surface area contributed by atoms with Crippen LogP contribution in [0.1, 0.15) is 55.7 Å². The molecule has 9 heteroatoms. The van der Waals surface area contributed by atoms with E-state index in [2.05, 4.69) is 15.3 Å². The third-order valence-electron chi connectivity index (χ3n) is 5.19. The zero-order valence-corrected chi connectivity index (χ0v) is 17.7. The molecule has 0 radical (unpaired) electrons. The molecule has 1 saturated carbocycles. The van der Waals surface area contributed by atoms with Gasteiger partial charge in [-0.2, -0.15) is 0 Å². The first-order chi connectivity index (χ1) is 13.3. The molecule has 1 atom stereocenters. The van der Waals surface area contributed by atoms with Crippen LogP contribution in [0.2, 0.25) is 0 Å². The van der Waals surface area contributed by atoms with E-state index in [1.165, 1.54) is 23.8 Å². The van der Waals surface area contributed by atoms with Crippen LogP contribution >= 0.6 is 11.3 Å². The van der Waals surface area contributed by atoms with Gasteiger partial charge >= 0.3 is 0 Å². The molecule has 28 heavy (non-hydrogen) atoms. The largest absolute Gasteiger partial charge is 0.326 e. The number of nitrogens with zero attached hydrogens (tertiary/aromatic N) is 1. The molecule has 0 bridgehead atoms. The molecule has 0 aliphatic heterocycles. The average molecular weight is 424 g/mol. The smallest absolute Gasteiger partial charge is 0.253 e. The van der Waals surface area contributed by atoms with Gasteiger partial charge in [0.1, 0.15) is 0 Å². The Morgan fingerprint density at radius 2 is 2.07 bits per heavy atom. The molecule has 2 aromatic rings. The van der Waals surface area contributed by atoms with Gasteiger partial charge in [0.15, 0.2) is 15.0 Å². The lowest BCUT2D eigenvalue weighted by Crippen LogP contribution is -2.31. The second kappa shape index (κ2) is 8.57. The predicted molar refractivity (Wildman–Crippen MR) is 110 cm³/mol. The Morgan fingerprint density at radius 3 is 2.68 bits per heavy atom. The summed E-state index contributed by atoms with van der Waals surface area (Å²) in [5, 5.41) is 4.93. The molecule has 1 aliphatic carbocycles. The minimum atomic E-state index is -3.67. The predicted octanol–water partition coefficient (Wildman–Crippen LogP) is 3.24. The average Bonchev–Trinajstić information content (AvgIpc) is 3.12. The van der Waals surface area contributed by atoms with Crippen molar-refractivity contribution in [2.24, 2.45) is 5.92 Å². The summed E-state index contributed by atoms with van der Waals surface area (Å²) in [4.78, 5) is 32.6. The minimum absolute atomic E-state index is 0.0349. The Kier molecular flexibility index (Phi) is 6.34. The number of nitrogens with one attached hydrogen (secondary N) is 2. The second-order valence-electron chi connectivity index (χ2n) is 7.45. The van der Waals surface area contributed by atoms with Crippen LogP contribution in [-0.2, 0) is 14.6 Å². The Labute approximate surface area is 168 Å². The first kappa shape index (κ1) is 20.7. The van der Waals surface area contributed by atoms with Crippen molar-refractivity contribution in [1.29, 1.82) is 0 Å². The number of amides is 1. The molecule has 3 rings (SSSR count). The van der Waals surface area contributed by atoms with Crippen LogP contribution in [0, 0.1) is 12.8 Å². The zero-order valence-electron chi connectivity index (χ0n) is 16.0. The number of H-pyrrole nitrogens is 1. The van der Waals surface area contributed by atoms with Crippen LogP contribution in [0.3, 0.4) is 0 Å². The normalized spacial score (nSPS) is 16.6. The topological polar surface area (TPSA) is 109 Å². The molecule has 1 unspecified atom stereocenters. The van der Waals surface area contributed by atoms with Gasteiger partial charge in [0, 0.05) is 29.1 Å². The molecule has 0 spiro atoms. The van der Waals surface area contributed by atoms with Crippen LogP contribution in [-0.4, -0.2) is 30.5 Å². The molecule has 0 aromatic carbocycles. The van der Waals surface area contributed by atoms with Crippen molar-refractivity contribution in [3.8, 4) is 0 Å². The maximum absolute atomic E-state index is 13.1. The van der Waals surface area contributed by atoms with Gasteiger partial charge in [0.2, 0.25) is 5.91 Å². The Morgan fingerprint density at radius 1 is 1.36 bits per heavy atom. The SMILES string of the molecule is Cc1cc(S(C)(=O)=O)c(C(CC2CCCCC2)C(=O)Nc2nccs2)c(=O)[nH]1. The molecule has 2 aromatic heterocycles. The van der Waals surface area contributed by atoms with Crippen molar-refractivity contribution in [1.82, 2.24) is 9.97 Å². The van der Waals surface area contributed by atoms with E-state index in [0.717, 1.165) is 31.9 Å². The number of aromatic amines is 1. The van der Waals surface area contributed by atoms with Crippen LogP contribution in [0.5, 0.6) is 0 Å². The molecule has 2 N–H and O–H groups in total. The van der Waals surface area contributed by atoms with Crippen LogP contribution in [0.4, 0.5) is 5.13 Å². The van der Waals surface area contributed by atoms with Gasteiger partial charge in [-0.05, 0) is 25.3 Å². The molecule has 7 nitrogen and oxygen atoms in total. The number of aromatic nitrogens is 2. The van der Waals surface area contributed by atoms with Crippen LogP contribution < -0.4 is 10.9 Å². The Bertz CT molecular complexity index is 991. The molecule has 152 valence electrons. The third-order valence-corrected chi connectivity index (χ3v) is 7.01. The third kappa shape index (κ3) is 4.88. The number of hydrogen-bond donors (Lipinski definition) is 2.